The topological polar surface area (TPSA) is 79.8 Å². The molecule has 8 heteroatoms. The number of aryl methyl sites for hydroxylation is 1. The van der Waals surface area contributed by atoms with Gasteiger partial charge >= 0.3 is 0 Å². The van der Waals surface area contributed by atoms with Crippen molar-refractivity contribution in [3.8, 4) is 0 Å². The van der Waals surface area contributed by atoms with Crippen LogP contribution in [0.4, 0.5) is 5.13 Å². The van der Waals surface area contributed by atoms with Crippen LogP contribution in [0.1, 0.15) is 27.4 Å². The van der Waals surface area contributed by atoms with Crippen LogP contribution in [0.5, 0.6) is 0 Å². The highest BCUT2D eigenvalue weighted by molar-refractivity contribution is 7.17. The molecular formula is C10H13N5OS2. The van der Waals surface area contributed by atoms with Crippen LogP contribution in [0.25, 0.3) is 0 Å². The lowest BCUT2D eigenvalue weighted by molar-refractivity contribution is 0.0949. The molecule has 1 amide bonds. The van der Waals surface area contributed by atoms with Gasteiger partial charge in [-0.3, -0.25) is 4.79 Å². The lowest BCUT2D eigenvalue weighted by Crippen LogP contribution is -2.22. The minimum absolute atomic E-state index is 0.218. The summed E-state index contributed by atoms with van der Waals surface area (Å²) >= 11 is 2.77. The largest absolute Gasteiger partial charge is 0.360 e. The molecule has 0 aliphatic heterocycles. The average molecular weight is 283 g/mol. The zero-order valence-electron chi connectivity index (χ0n) is 10.1. The van der Waals surface area contributed by atoms with Crippen molar-refractivity contribution >= 4 is 33.7 Å². The van der Waals surface area contributed by atoms with Gasteiger partial charge in [0.25, 0.3) is 5.91 Å². The van der Waals surface area contributed by atoms with Crippen molar-refractivity contribution in [2.45, 2.75) is 20.4 Å². The quantitative estimate of drug-likeness (QED) is 0.872. The molecule has 0 aliphatic rings. The SMILES string of the molecule is CCNc1nnc(C(=O)NCc2nc(C)cs2)s1. The molecule has 0 radical (unpaired) electrons. The Kier molecular flexibility index (Phi) is 4.21. The number of nitrogens with one attached hydrogen (secondary N) is 2. The van der Waals surface area contributed by atoms with Crippen LogP contribution in [0.2, 0.25) is 0 Å². The minimum atomic E-state index is -0.218. The van der Waals surface area contributed by atoms with Crippen LogP contribution in [0.3, 0.4) is 0 Å². The number of aromatic nitrogens is 3. The van der Waals surface area contributed by atoms with Crippen LogP contribution < -0.4 is 10.6 Å². The van der Waals surface area contributed by atoms with Crippen molar-refractivity contribution in [3.05, 3.63) is 21.1 Å². The van der Waals surface area contributed by atoms with E-state index in [9.17, 15) is 4.79 Å². The molecule has 0 aliphatic carbocycles. The third-order valence-electron chi connectivity index (χ3n) is 2.01. The third kappa shape index (κ3) is 3.23. The number of carbonyl (C=O) groups is 1. The second kappa shape index (κ2) is 5.87. The summed E-state index contributed by atoms with van der Waals surface area (Å²) in [6.45, 7) is 5.07. The van der Waals surface area contributed by atoms with Crippen LogP contribution in [0.15, 0.2) is 5.38 Å². The number of amides is 1. The molecule has 0 saturated carbocycles. The van der Waals surface area contributed by atoms with E-state index in [-0.39, 0.29) is 5.91 Å². The first-order chi connectivity index (χ1) is 8.69. The minimum Gasteiger partial charge on any atom is -0.360 e. The summed E-state index contributed by atoms with van der Waals surface area (Å²) in [6.07, 6.45) is 0. The number of thiazole rings is 1. The molecule has 96 valence electrons. The molecule has 2 N–H and O–H groups in total. The zero-order valence-corrected chi connectivity index (χ0v) is 11.7. The van der Waals surface area contributed by atoms with E-state index in [0.29, 0.717) is 16.7 Å². The van der Waals surface area contributed by atoms with Gasteiger partial charge in [-0.1, -0.05) is 11.3 Å². The molecule has 6 nitrogen and oxygen atoms in total. The number of nitrogens with zero attached hydrogens (tertiary/aromatic N) is 3. The van der Waals surface area contributed by atoms with Crippen molar-refractivity contribution in [2.24, 2.45) is 0 Å². The normalized spacial score (nSPS) is 10.3. The van der Waals surface area contributed by atoms with Crippen molar-refractivity contribution in [1.82, 2.24) is 20.5 Å². The monoisotopic (exact) mass is 283 g/mol. The van der Waals surface area contributed by atoms with Gasteiger partial charge in [0.1, 0.15) is 5.01 Å². The molecular weight excluding hydrogens is 270 g/mol. The number of hydrogen-bond donors (Lipinski definition) is 2. The van der Waals surface area contributed by atoms with Crippen LogP contribution in [0, 0.1) is 6.92 Å². The van der Waals surface area contributed by atoms with Crippen LogP contribution >= 0.6 is 22.7 Å². The van der Waals surface area contributed by atoms with Gasteiger partial charge in [-0.15, -0.1) is 21.5 Å². The van der Waals surface area contributed by atoms with Crippen molar-refractivity contribution in [3.63, 3.8) is 0 Å². The molecule has 0 fully saturated rings. The average Bonchev–Trinajstić information content (AvgIpc) is 2.96. The third-order valence-corrected chi connectivity index (χ3v) is 3.86. The summed E-state index contributed by atoms with van der Waals surface area (Å²) in [7, 11) is 0. The lowest BCUT2D eigenvalue weighted by Gasteiger charge is -1.98. The van der Waals surface area contributed by atoms with Gasteiger partial charge < -0.3 is 10.6 Å². The first-order valence-electron chi connectivity index (χ1n) is 5.45. The second-order valence-corrected chi connectivity index (χ2v) is 5.43. The van der Waals surface area contributed by atoms with E-state index in [2.05, 4.69) is 25.8 Å². The van der Waals surface area contributed by atoms with Crippen molar-refractivity contribution in [1.29, 1.82) is 0 Å². The fourth-order valence-electron chi connectivity index (χ4n) is 1.25. The Hall–Kier alpha value is -1.54. The highest BCUT2D eigenvalue weighted by Gasteiger charge is 2.12. The Morgan fingerprint density at radius 2 is 2.28 bits per heavy atom. The summed E-state index contributed by atoms with van der Waals surface area (Å²) in [5, 5.41) is 17.3. The first kappa shape index (κ1) is 12.9. The van der Waals surface area contributed by atoms with Gasteiger partial charge in [0.05, 0.1) is 6.54 Å². The summed E-state index contributed by atoms with van der Waals surface area (Å²) in [5.41, 5.74) is 0.967. The predicted octanol–water partition coefficient (Wildman–Crippen LogP) is 1.66. The Labute approximate surface area is 112 Å². The number of rotatable bonds is 5. The molecule has 2 heterocycles. The van der Waals surface area contributed by atoms with Crippen molar-refractivity contribution < 1.29 is 4.79 Å². The molecule has 2 rings (SSSR count). The Balaban J connectivity index is 1.90. The van der Waals surface area contributed by atoms with Gasteiger partial charge in [-0.05, 0) is 13.8 Å². The molecule has 0 saturated heterocycles. The molecule has 2 aromatic rings. The summed E-state index contributed by atoms with van der Waals surface area (Å²) in [4.78, 5) is 16.1. The maximum atomic E-state index is 11.8. The zero-order chi connectivity index (χ0) is 13.0. The van der Waals surface area contributed by atoms with E-state index in [4.69, 9.17) is 0 Å². The van der Waals surface area contributed by atoms with E-state index >= 15 is 0 Å². The smallest absolute Gasteiger partial charge is 0.282 e. The number of anilines is 1. The van der Waals surface area contributed by atoms with Crippen molar-refractivity contribution in [2.75, 3.05) is 11.9 Å². The number of carbonyl (C=O) groups excluding carboxylic acids is 1. The van der Waals surface area contributed by atoms with Gasteiger partial charge in [0.15, 0.2) is 0 Å². The fourth-order valence-corrected chi connectivity index (χ4v) is 2.69. The second-order valence-electron chi connectivity index (χ2n) is 3.51. The maximum absolute atomic E-state index is 11.8. The molecule has 0 spiro atoms. The van der Waals surface area contributed by atoms with Gasteiger partial charge in [-0.25, -0.2) is 4.98 Å². The standard InChI is InChI=1S/C10H13N5OS2/c1-3-11-10-15-14-9(18-10)8(16)12-4-7-13-6(2)5-17-7/h5H,3-4H2,1-2H3,(H,11,15)(H,12,16). The maximum Gasteiger partial charge on any atom is 0.282 e. The lowest BCUT2D eigenvalue weighted by atomic mass is 10.5. The van der Waals surface area contributed by atoms with Crippen LogP contribution in [-0.4, -0.2) is 27.6 Å². The summed E-state index contributed by atoms with van der Waals surface area (Å²) in [5.74, 6) is -0.218. The summed E-state index contributed by atoms with van der Waals surface area (Å²) < 4.78 is 0. The van der Waals surface area contributed by atoms with E-state index in [1.165, 1.54) is 22.7 Å². The van der Waals surface area contributed by atoms with Gasteiger partial charge in [0, 0.05) is 17.6 Å². The number of hydrogen-bond acceptors (Lipinski definition) is 7. The highest BCUT2D eigenvalue weighted by atomic mass is 32.1. The molecule has 0 bridgehead atoms. The van der Waals surface area contributed by atoms with E-state index < -0.39 is 0 Å². The van der Waals surface area contributed by atoms with Gasteiger partial charge in [0.2, 0.25) is 10.1 Å². The Morgan fingerprint density at radius 3 is 2.94 bits per heavy atom. The molecule has 0 unspecified atom stereocenters. The first-order valence-corrected chi connectivity index (χ1v) is 7.15. The summed E-state index contributed by atoms with van der Waals surface area (Å²) in [6, 6.07) is 0. The molecule has 2 aromatic heterocycles. The molecule has 0 atom stereocenters. The fraction of sp³-hybridized carbons (Fsp3) is 0.400. The van der Waals surface area contributed by atoms with E-state index in [0.717, 1.165) is 17.2 Å². The van der Waals surface area contributed by atoms with E-state index in [1.807, 2.05) is 19.2 Å². The predicted molar refractivity (Wildman–Crippen MR) is 72.1 cm³/mol. The molecule has 18 heavy (non-hydrogen) atoms. The Bertz CT molecular complexity index is 536. The highest BCUT2D eigenvalue weighted by Crippen LogP contribution is 2.15. The van der Waals surface area contributed by atoms with Crippen LogP contribution in [-0.2, 0) is 6.54 Å². The van der Waals surface area contributed by atoms with Gasteiger partial charge in [-0.2, -0.15) is 0 Å². The Morgan fingerprint density at radius 1 is 1.44 bits per heavy atom. The molecule has 0 aromatic carbocycles. The van der Waals surface area contributed by atoms with E-state index in [1.54, 1.807) is 0 Å².